The van der Waals surface area contributed by atoms with E-state index in [2.05, 4.69) is 29.2 Å². The smallest absolute Gasteiger partial charge is 0.320 e. The molecule has 178 valence electrons. The van der Waals surface area contributed by atoms with Crippen LogP contribution in [0.4, 0.5) is 0 Å². The molecular formula is C28H31NO5. The lowest BCUT2D eigenvalue weighted by molar-refractivity contribution is -0.142. The third-order valence-electron chi connectivity index (χ3n) is 6.33. The molecule has 0 aliphatic carbocycles. The number of likely N-dealkylation sites (tertiary alicyclic amines) is 1. The summed E-state index contributed by atoms with van der Waals surface area (Å²) in [6.07, 6.45) is 1.47. The van der Waals surface area contributed by atoms with Crippen molar-refractivity contribution in [1.82, 2.24) is 4.90 Å². The summed E-state index contributed by atoms with van der Waals surface area (Å²) in [6.45, 7) is 3.12. The van der Waals surface area contributed by atoms with Crippen LogP contribution in [0.15, 0.2) is 66.7 Å². The third kappa shape index (κ3) is 5.02. The molecule has 4 rings (SSSR count). The number of benzene rings is 3. The maximum absolute atomic E-state index is 12.0. The normalized spacial score (nSPS) is 16.7. The lowest BCUT2D eigenvalue weighted by Crippen LogP contribution is -2.39. The van der Waals surface area contributed by atoms with E-state index in [4.69, 9.17) is 14.2 Å². The van der Waals surface area contributed by atoms with Crippen LogP contribution in [0.3, 0.4) is 0 Å². The molecule has 6 heteroatoms. The van der Waals surface area contributed by atoms with Crippen LogP contribution in [0.5, 0.6) is 17.2 Å². The minimum Gasteiger partial charge on any atom is -0.493 e. The number of hydrogen-bond donors (Lipinski definition) is 1. The molecule has 1 heterocycles. The quantitative estimate of drug-likeness (QED) is 0.471. The number of hydrogen-bond acceptors (Lipinski definition) is 5. The number of nitrogens with zero attached hydrogens (tertiary/aromatic N) is 1. The highest BCUT2D eigenvalue weighted by Gasteiger charge is 2.37. The van der Waals surface area contributed by atoms with Gasteiger partial charge in [-0.1, -0.05) is 60.2 Å². The van der Waals surface area contributed by atoms with E-state index >= 15 is 0 Å². The van der Waals surface area contributed by atoms with E-state index in [0.717, 1.165) is 28.7 Å². The number of aryl methyl sites for hydroxylation is 1. The SMILES string of the molecule is COc1cc(C(c2ccc(C)cc2)N2CCCC2C(=O)O)cc(OC)c1OCc1ccccc1. The zero-order chi connectivity index (χ0) is 24.1. The van der Waals surface area contributed by atoms with Crippen molar-refractivity contribution >= 4 is 5.97 Å². The van der Waals surface area contributed by atoms with Gasteiger partial charge in [0, 0.05) is 6.54 Å². The van der Waals surface area contributed by atoms with E-state index < -0.39 is 12.0 Å². The number of ether oxygens (including phenoxy) is 3. The molecule has 2 atom stereocenters. The van der Waals surface area contributed by atoms with Gasteiger partial charge in [0.15, 0.2) is 11.5 Å². The molecule has 1 aliphatic heterocycles. The highest BCUT2D eigenvalue weighted by molar-refractivity contribution is 5.74. The topological polar surface area (TPSA) is 68.2 Å². The maximum Gasteiger partial charge on any atom is 0.320 e. The predicted octanol–water partition coefficient (Wildman–Crippen LogP) is 5.23. The van der Waals surface area contributed by atoms with Crippen LogP contribution in [0, 0.1) is 6.92 Å². The minimum absolute atomic E-state index is 0.254. The molecule has 0 spiro atoms. The van der Waals surface area contributed by atoms with Gasteiger partial charge in [-0.25, -0.2) is 0 Å². The number of methoxy groups -OCH3 is 2. The molecule has 1 N–H and O–H groups in total. The average Bonchev–Trinajstić information content (AvgIpc) is 3.34. The van der Waals surface area contributed by atoms with Crippen molar-refractivity contribution in [2.24, 2.45) is 0 Å². The number of carboxylic acids is 1. The summed E-state index contributed by atoms with van der Waals surface area (Å²) in [5.41, 5.74) is 4.12. The van der Waals surface area contributed by atoms with Crippen molar-refractivity contribution in [3.05, 3.63) is 89.0 Å². The van der Waals surface area contributed by atoms with Crippen LogP contribution in [0.2, 0.25) is 0 Å². The second-order valence-electron chi connectivity index (χ2n) is 8.58. The van der Waals surface area contributed by atoms with Gasteiger partial charge in [-0.3, -0.25) is 9.69 Å². The lowest BCUT2D eigenvalue weighted by atomic mass is 9.94. The second kappa shape index (κ2) is 10.6. The molecule has 0 saturated carbocycles. The Morgan fingerprint density at radius 1 is 1.00 bits per heavy atom. The first-order valence-corrected chi connectivity index (χ1v) is 11.5. The molecule has 0 aromatic heterocycles. The predicted molar refractivity (Wildman–Crippen MR) is 131 cm³/mol. The van der Waals surface area contributed by atoms with Crippen molar-refractivity contribution < 1.29 is 24.1 Å². The summed E-state index contributed by atoms with van der Waals surface area (Å²) in [5, 5.41) is 9.88. The summed E-state index contributed by atoms with van der Waals surface area (Å²) < 4.78 is 17.6. The Balaban J connectivity index is 1.76. The van der Waals surface area contributed by atoms with Gasteiger partial charge in [0.25, 0.3) is 0 Å². The summed E-state index contributed by atoms with van der Waals surface area (Å²) in [5.74, 6) is 0.828. The van der Waals surface area contributed by atoms with Crippen LogP contribution in [-0.2, 0) is 11.4 Å². The standard InChI is InChI=1S/C28H31NO5/c1-19-11-13-21(14-12-19)26(29-15-7-10-23(29)28(30)31)22-16-24(32-2)27(25(17-22)33-3)34-18-20-8-5-4-6-9-20/h4-6,8-9,11-14,16-17,23,26H,7,10,15,18H2,1-3H3,(H,30,31). The van der Waals surface area contributed by atoms with E-state index in [1.54, 1.807) is 14.2 Å². The van der Waals surface area contributed by atoms with E-state index in [0.29, 0.717) is 36.8 Å². The van der Waals surface area contributed by atoms with Crippen LogP contribution in [0.1, 0.15) is 41.1 Å². The highest BCUT2D eigenvalue weighted by Crippen LogP contribution is 2.44. The summed E-state index contributed by atoms with van der Waals surface area (Å²) >= 11 is 0. The van der Waals surface area contributed by atoms with E-state index in [9.17, 15) is 9.90 Å². The molecule has 3 aromatic carbocycles. The highest BCUT2D eigenvalue weighted by atomic mass is 16.5. The Bertz CT molecular complexity index is 1090. The average molecular weight is 462 g/mol. The van der Waals surface area contributed by atoms with Gasteiger partial charge in [0.05, 0.1) is 20.3 Å². The molecular weight excluding hydrogens is 430 g/mol. The second-order valence-corrected chi connectivity index (χ2v) is 8.58. The first-order valence-electron chi connectivity index (χ1n) is 11.5. The van der Waals surface area contributed by atoms with Crippen molar-refractivity contribution in [3.8, 4) is 17.2 Å². The number of rotatable bonds is 9. The van der Waals surface area contributed by atoms with Crippen LogP contribution in [0.25, 0.3) is 0 Å². The molecule has 0 amide bonds. The van der Waals surface area contributed by atoms with Crippen LogP contribution >= 0.6 is 0 Å². The first kappa shape index (κ1) is 23.6. The van der Waals surface area contributed by atoms with Gasteiger partial charge in [-0.15, -0.1) is 0 Å². The molecule has 6 nitrogen and oxygen atoms in total. The fraction of sp³-hybridized carbons (Fsp3) is 0.321. The Labute approximate surface area is 200 Å². The monoisotopic (exact) mass is 461 g/mol. The lowest BCUT2D eigenvalue weighted by Gasteiger charge is -2.32. The number of carbonyl (C=O) groups is 1. The van der Waals surface area contributed by atoms with Gasteiger partial charge < -0.3 is 19.3 Å². The van der Waals surface area contributed by atoms with E-state index in [1.165, 1.54) is 0 Å². The zero-order valence-corrected chi connectivity index (χ0v) is 19.9. The largest absolute Gasteiger partial charge is 0.493 e. The Hall–Kier alpha value is -3.51. The third-order valence-corrected chi connectivity index (χ3v) is 6.33. The molecule has 1 saturated heterocycles. The minimum atomic E-state index is -0.795. The van der Waals surface area contributed by atoms with Gasteiger partial charge in [-0.2, -0.15) is 0 Å². The van der Waals surface area contributed by atoms with Crippen molar-refractivity contribution in [2.75, 3.05) is 20.8 Å². The molecule has 3 aromatic rings. The Morgan fingerprint density at radius 2 is 1.65 bits per heavy atom. The van der Waals surface area contributed by atoms with Gasteiger partial charge in [0.2, 0.25) is 5.75 Å². The molecule has 2 unspecified atom stereocenters. The van der Waals surface area contributed by atoms with Crippen LogP contribution < -0.4 is 14.2 Å². The van der Waals surface area contributed by atoms with Crippen molar-refractivity contribution in [3.63, 3.8) is 0 Å². The van der Waals surface area contributed by atoms with Gasteiger partial charge >= 0.3 is 5.97 Å². The Kier molecular flexibility index (Phi) is 7.38. The fourth-order valence-electron chi connectivity index (χ4n) is 4.62. The zero-order valence-electron chi connectivity index (χ0n) is 19.9. The van der Waals surface area contributed by atoms with Gasteiger partial charge in [0.1, 0.15) is 12.6 Å². The van der Waals surface area contributed by atoms with Gasteiger partial charge in [-0.05, 0) is 48.6 Å². The Morgan fingerprint density at radius 3 is 2.24 bits per heavy atom. The molecule has 1 aliphatic rings. The van der Waals surface area contributed by atoms with Crippen LogP contribution in [-0.4, -0.2) is 42.8 Å². The molecule has 0 radical (unpaired) electrons. The van der Waals surface area contributed by atoms with E-state index in [-0.39, 0.29) is 6.04 Å². The number of aliphatic carboxylic acids is 1. The number of carboxylic acid groups (broad SMARTS) is 1. The maximum atomic E-state index is 12.0. The summed E-state index contributed by atoms with van der Waals surface area (Å²) in [7, 11) is 3.20. The first-order chi connectivity index (χ1) is 16.5. The summed E-state index contributed by atoms with van der Waals surface area (Å²) in [6, 6.07) is 21.2. The van der Waals surface area contributed by atoms with E-state index in [1.807, 2.05) is 49.4 Å². The fourth-order valence-corrected chi connectivity index (χ4v) is 4.62. The van der Waals surface area contributed by atoms with Crippen molar-refractivity contribution in [2.45, 2.75) is 38.5 Å². The molecule has 0 bridgehead atoms. The molecule has 1 fully saturated rings. The summed E-state index contributed by atoms with van der Waals surface area (Å²) in [4.78, 5) is 14.1. The molecule has 34 heavy (non-hydrogen) atoms. The van der Waals surface area contributed by atoms with Crippen molar-refractivity contribution in [1.29, 1.82) is 0 Å².